The molecule has 18 heavy (non-hydrogen) atoms. The van der Waals surface area contributed by atoms with Crippen LogP contribution in [-0.4, -0.2) is 40.5 Å². The van der Waals surface area contributed by atoms with E-state index in [1.807, 2.05) is 0 Å². The van der Waals surface area contributed by atoms with Crippen LogP contribution in [0.3, 0.4) is 0 Å². The molecule has 1 atom stereocenters. The summed E-state index contributed by atoms with van der Waals surface area (Å²) in [7, 11) is 0. The average Bonchev–Trinajstić information content (AvgIpc) is 2.29. The Morgan fingerprint density at radius 3 is 2.22 bits per heavy atom. The Kier molecular flexibility index (Phi) is 5.01. The third-order valence-electron chi connectivity index (χ3n) is 2.25. The summed E-state index contributed by atoms with van der Waals surface area (Å²) in [5.74, 6) is -3.17. The molecule has 0 bridgehead atoms. The Labute approximate surface area is 103 Å². The molecule has 0 heterocycles. The molecule has 0 aliphatic heterocycles. The van der Waals surface area contributed by atoms with Crippen LogP contribution in [0.25, 0.3) is 0 Å². The standard InChI is InChI=1S/C12H13NO5/c14-9(6-8-4-2-1-3-5-8)11(12(17)18)13-7-10(15)16/h1-5,11,13H,6-7H2,(H,15,16)(H,17,18). The maximum Gasteiger partial charge on any atom is 0.328 e. The van der Waals surface area contributed by atoms with Crippen molar-refractivity contribution >= 4 is 17.7 Å². The molecular formula is C12H13NO5. The van der Waals surface area contributed by atoms with Crippen molar-refractivity contribution < 1.29 is 24.6 Å². The van der Waals surface area contributed by atoms with E-state index in [0.717, 1.165) is 0 Å². The van der Waals surface area contributed by atoms with Gasteiger partial charge in [0.05, 0.1) is 6.54 Å². The van der Waals surface area contributed by atoms with Gasteiger partial charge in [0.25, 0.3) is 0 Å². The highest BCUT2D eigenvalue weighted by atomic mass is 16.4. The van der Waals surface area contributed by atoms with Gasteiger partial charge in [-0.25, -0.2) is 0 Å². The number of aliphatic carboxylic acids is 2. The third kappa shape index (κ3) is 4.34. The minimum atomic E-state index is -1.50. The summed E-state index contributed by atoms with van der Waals surface area (Å²) in [6.45, 7) is -0.572. The molecule has 0 radical (unpaired) electrons. The first-order chi connectivity index (χ1) is 8.50. The van der Waals surface area contributed by atoms with Crippen molar-refractivity contribution in [3.63, 3.8) is 0 Å². The predicted molar refractivity (Wildman–Crippen MR) is 62.2 cm³/mol. The Balaban J connectivity index is 2.65. The van der Waals surface area contributed by atoms with Crippen molar-refractivity contribution in [1.82, 2.24) is 5.32 Å². The van der Waals surface area contributed by atoms with E-state index in [1.54, 1.807) is 30.3 Å². The molecular weight excluding hydrogens is 238 g/mol. The van der Waals surface area contributed by atoms with Gasteiger partial charge in [0.15, 0.2) is 11.8 Å². The smallest absolute Gasteiger partial charge is 0.328 e. The number of carbonyl (C=O) groups is 3. The van der Waals surface area contributed by atoms with Gasteiger partial charge < -0.3 is 10.2 Å². The lowest BCUT2D eigenvalue weighted by Gasteiger charge is -2.11. The lowest BCUT2D eigenvalue weighted by molar-refractivity contribution is -0.143. The Morgan fingerprint density at radius 1 is 1.11 bits per heavy atom. The minimum absolute atomic E-state index is 0.0512. The largest absolute Gasteiger partial charge is 0.480 e. The molecule has 3 N–H and O–H groups in total. The summed E-state index contributed by atoms with van der Waals surface area (Å²) in [4.78, 5) is 32.9. The molecule has 1 aromatic carbocycles. The summed E-state index contributed by atoms with van der Waals surface area (Å²) in [6.07, 6.45) is -0.0512. The van der Waals surface area contributed by atoms with E-state index in [9.17, 15) is 14.4 Å². The number of benzene rings is 1. The van der Waals surface area contributed by atoms with E-state index < -0.39 is 30.3 Å². The van der Waals surface area contributed by atoms with Crippen molar-refractivity contribution in [3.8, 4) is 0 Å². The van der Waals surface area contributed by atoms with Gasteiger partial charge >= 0.3 is 11.9 Å². The zero-order chi connectivity index (χ0) is 13.5. The second-order valence-electron chi connectivity index (χ2n) is 3.67. The van der Waals surface area contributed by atoms with Gasteiger partial charge in [-0.05, 0) is 5.56 Å². The second-order valence-corrected chi connectivity index (χ2v) is 3.67. The van der Waals surface area contributed by atoms with Gasteiger partial charge in [-0.3, -0.25) is 19.7 Å². The van der Waals surface area contributed by atoms with Crippen LogP contribution in [0.2, 0.25) is 0 Å². The molecule has 0 spiro atoms. The first-order valence-corrected chi connectivity index (χ1v) is 5.25. The molecule has 0 saturated carbocycles. The van der Waals surface area contributed by atoms with Gasteiger partial charge in [0.1, 0.15) is 0 Å². The number of Topliss-reactive ketones (excluding diaryl/α,β-unsaturated/α-hetero) is 1. The maximum atomic E-state index is 11.7. The van der Waals surface area contributed by atoms with Crippen LogP contribution in [0.4, 0.5) is 0 Å². The normalized spacial score (nSPS) is 11.8. The van der Waals surface area contributed by atoms with Gasteiger partial charge in [-0.15, -0.1) is 0 Å². The summed E-state index contributed by atoms with van der Waals surface area (Å²) in [5.41, 5.74) is 0.686. The van der Waals surface area contributed by atoms with E-state index in [2.05, 4.69) is 5.32 Å². The summed E-state index contributed by atoms with van der Waals surface area (Å²) in [6, 6.07) is 7.17. The van der Waals surface area contributed by atoms with Crippen LogP contribution in [-0.2, 0) is 20.8 Å². The molecule has 1 aromatic rings. The Hall–Kier alpha value is -2.21. The fourth-order valence-electron chi connectivity index (χ4n) is 1.43. The summed E-state index contributed by atoms with van der Waals surface area (Å²) < 4.78 is 0. The van der Waals surface area contributed by atoms with E-state index >= 15 is 0 Å². The number of hydrogen-bond acceptors (Lipinski definition) is 4. The molecule has 1 unspecified atom stereocenters. The average molecular weight is 251 g/mol. The zero-order valence-electron chi connectivity index (χ0n) is 9.50. The summed E-state index contributed by atoms with van der Waals surface area (Å²) in [5, 5.41) is 19.5. The molecule has 96 valence electrons. The third-order valence-corrected chi connectivity index (χ3v) is 2.25. The second kappa shape index (κ2) is 6.51. The fourth-order valence-corrected chi connectivity index (χ4v) is 1.43. The van der Waals surface area contributed by atoms with E-state index in [0.29, 0.717) is 5.56 Å². The molecule has 0 saturated heterocycles. The predicted octanol–water partition coefficient (Wildman–Crippen LogP) is -0.0744. The molecule has 0 amide bonds. The first kappa shape index (κ1) is 13.9. The summed E-state index contributed by atoms with van der Waals surface area (Å²) >= 11 is 0. The van der Waals surface area contributed by atoms with Crippen LogP contribution in [0.15, 0.2) is 30.3 Å². The SMILES string of the molecule is O=C(O)CNC(C(=O)O)C(=O)Cc1ccccc1. The highest BCUT2D eigenvalue weighted by molar-refractivity contribution is 6.03. The molecule has 1 rings (SSSR count). The highest BCUT2D eigenvalue weighted by Gasteiger charge is 2.25. The quantitative estimate of drug-likeness (QED) is 0.586. The number of nitrogens with one attached hydrogen (secondary N) is 1. The van der Waals surface area contributed by atoms with Gasteiger partial charge in [0, 0.05) is 6.42 Å². The molecule has 6 heteroatoms. The lowest BCUT2D eigenvalue weighted by Crippen LogP contribution is -2.46. The zero-order valence-corrected chi connectivity index (χ0v) is 9.50. The number of ketones is 1. The van der Waals surface area contributed by atoms with Crippen LogP contribution >= 0.6 is 0 Å². The number of hydrogen-bond donors (Lipinski definition) is 3. The minimum Gasteiger partial charge on any atom is -0.480 e. The van der Waals surface area contributed by atoms with Gasteiger partial charge in [-0.2, -0.15) is 0 Å². The van der Waals surface area contributed by atoms with E-state index in [4.69, 9.17) is 10.2 Å². The van der Waals surface area contributed by atoms with E-state index in [1.165, 1.54) is 0 Å². The maximum absolute atomic E-state index is 11.7. The fraction of sp³-hybridized carbons (Fsp3) is 0.250. The van der Waals surface area contributed by atoms with Crippen molar-refractivity contribution in [3.05, 3.63) is 35.9 Å². The molecule has 0 aliphatic carbocycles. The number of carboxylic acids is 2. The van der Waals surface area contributed by atoms with Crippen LogP contribution < -0.4 is 5.32 Å². The molecule has 0 aromatic heterocycles. The number of carbonyl (C=O) groups excluding carboxylic acids is 1. The van der Waals surface area contributed by atoms with Crippen molar-refractivity contribution in [2.75, 3.05) is 6.54 Å². The Morgan fingerprint density at radius 2 is 1.72 bits per heavy atom. The van der Waals surface area contributed by atoms with Crippen molar-refractivity contribution in [2.24, 2.45) is 0 Å². The van der Waals surface area contributed by atoms with E-state index in [-0.39, 0.29) is 6.42 Å². The van der Waals surface area contributed by atoms with Crippen LogP contribution in [0, 0.1) is 0 Å². The first-order valence-electron chi connectivity index (χ1n) is 5.25. The molecule has 6 nitrogen and oxygen atoms in total. The topological polar surface area (TPSA) is 104 Å². The van der Waals surface area contributed by atoms with Gasteiger partial charge in [0.2, 0.25) is 0 Å². The van der Waals surface area contributed by atoms with Crippen LogP contribution in [0.5, 0.6) is 0 Å². The Bertz CT molecular complexity index is 443. The van der Waals surface area contributed by atoms with Crippen LogP contribution in [0.1, 0.15) is 5.56 Å². The molecule has 0 fully saturated rings. The van der Waals surface area contributed by atoms with Crippen molar-refractivity contribution in [2.45, 2.75) is 12.5 Å². The monoisotopic (exact) mass is 251 g/mol. The molecule has 0 aliphatic rings. The number of rotatable bonds is 7. The van der Waals surface area contributed by atoms with Gasteiger partial charge in [-0.1, -0.05) is 30.3 Å². The number of carboxylic acid groups (broad SMARTS) is 2. The van der Waals surface area contributed by atoms with Crippen molar-refractivity contribution in [1.29, 1.82) is 0 Å². The lowest BCUT2D eigenvalue weighted by atomic mass is 10.0. The highest BCUT2D eigenvalue weighted by Crippen LogP contribution is 2.02.